The quantitative estimate of drug-likeness (QED) is 0.415. The van der Waals surface area contributed by atoms with E-state index in [4.69, 9.17) is 19.8 Å². The van der Waals surface area contributed by atoms with Crippen LogP contribution in [0.1, 0.15) is 66.6 Å². The van der Waals surface area contributed by atoms with Crippen molar-refractivity contribution in [2.45, 2.75) is 57.9 Å². The molecule has 0 amide bonds. The standard InChI is InChI=1S/C28H33N7O/c1-18-6-5-7-21-25(18)27(30-17-29-21)34-11-4-3-8-23(34)22-16-24-31-26(20-9-10-20)19(2)28(35(24)32-22)33-12-14-36-15-13-33/h5-7,16-17,20,23H,3-4,8-15H2,1-2H3. The summed E-state index contributed by atoms with van der Waals surface area (Å²) in [6.45, 7) is 8.64. The van der Waals surface area contributed by atoms with Crippen molar-refractivity contribution in [1.29, 1.82) is 0 Å². The molecule has 3 aliphatic rings. The smallest absolute Gasteiger partial charge is 0.157 e. The lowest BCUT2D eigenvalue weighted by molar-refractivity contribution is 0.122. The zero-order valence-electron chi connectivity index (χ0n) is 21.2. The van der Waals surface area contributed by atoms with Crippen LogP contribution in [0.2, 0.25) is 0 Å². The van der Waals surface area contributed by atoms with Gasteiger partial charge in [-0.2, -0.15) is 9.61 Å². The molecule has 5 heterocycles. The molecule has 7 rings (SSSR count). The molecule has 2 saturated heterocycles. The molecule has 2 aliphatic heterocycles. The number of benzene rings is 1. The van der Waals surface area contributed by atoms with Crippen molar-refractivity contribution in [2.75, 3.05) is 42.6 Å². The Labute approximate surface area is 211 Å². The molecule has 36 heavy (non-hydrogen) atoms. The summed E-state index contributed by atoms with van der Waals surface area (Å²) in [4.78, 5) is 19.4. The fourth-order valence-corrected chi connectivity index (χ4v) is 6.14. The van der Waals surface area contributed by atoms with Gasteiger partial charge in [0.25, 0.3) is 0 Å². The number of hydrogen-bond donors (Lipinski definition) is 0. The van der Waals surface area contributed by atoms with E-state index in [1.807, 2.05) is 0 Å². The summed E-state index contributed by atoms with van der Waals surface area (Å²) in [5, 5.41) is 6.41. The van der Waals surface area contributed by atoms with Gasteiger partial charge in [0.1, 0.15) is 18.0 Å². The van der Waals surface area contributed by atoms with E-state index >= 15 is 0 Å². The fraction of sp³-hybridized carbons (Fsp3) is 0.500. The van der Waals surface area contributed by atoms with Crippen LogP contribution >= 0.6 is 0 Å². The Bertz CT molecular complexity index is 1430. The van der Waals surface area contributed by atoms with Crippen LogP contribution in [0.4, 0.5) is 11.6 Å². The fourth-order valence-electron chi connectivity index (χ4n) is 6.14. The highest BCUT2D eigenvalue weighted by atomic mass is 16.5. The molecular formula is C28H33N7O. The van der Waals surface area contributed by atoms with Gasteiger partial charge in [0.05, 0.1) is 36.2 Å². The van der Waals surface area contributed by atoms with Crippen molar-refractivity contribution in [1.82, 2.24) is 24.6 Å². The second-order valence-corrected chi connectivity index (χ2v) is 10.5. The minimum absolute atomic E-state index is 0.167. The summed E-state index contributed by atoms with van der Waals surface area (Å²) in [6, 6.07) is 8.70. The van der Waals surface area contributed by atoms with E-state index in [1.165, 1.54) is 41.9 Å². The number of hydrogen-bond acceptors (Lipinski definition) is 7. The Balaban J connectivity index is 1.36. The largest absolute Gasteiger partial charge is 0.378 e. The topological polar surface area (TPSA) is 71.7 Å². The van der Waals surface area contributed by atoms with E-state index in [2.05, 4.69) is 57.4 Å². The van der Waals surface area contributed by atoms with Crippen molar-refractivity contribution in [3.63, 3.8) is 0 Å². The zero-order valence-corrected chi connectivity index (χ0v) is 21.2. The Kier molecular flexibility index (Phi) is 5.31. The molecule has 0 bridgehead atoms. The second-order valence-electron chi connectivity index (χ2n) is 10.5. The monoisotopic (exact) mass is 483 g/mol. The first kappa shape index (κ1) is 22.0. The van der Waals surface area contributed by atoms with Crippen molar-refractivity contribution in [2.24, 2.45) is 0 Å². The maximum atomic E-state index is 5.67. The summed E-state index contributed by atoms with van der Waals surface area (Å²) < 4.78 is 7.77. The van der Waals surface area contributed by atoms with E-state index in [1.54, 1.807) is 6.33 Å². The van der Waals surface area contributed by atoms with E-state index in [9.17, 15) is 0 Å². The van der Waals surface area contributed by atoms with Crippen LogP contribution in [0.15, 0.2) is 30.6 Å². The summed E-state index contributed by atoms with van der Waals surface area (Å²) >= 11 is 0. The minimum Gasteiger partial charge on any atom is -0.378 e. The summed E-state index contributed by atoms with van der Waals surface area (Å²) in [5.74, 6) is 2.81. The third kappa shape index (κ3) is 3.61. The first-order valence-electron chi connectivity index (χ1n) is 13.4. The number of nitrogens with zero attached hydrogens (tertiary/aromatic N) is 7. The van der Waals surface area contributed by atoms with Crippen LogP contribution in [-0.2, 0) is 4.74 Å². The molecule has 1 aliphatic carbocycles. The Morgan fingerprint density at radius 3 is 2.67 bits per heavy atom. The third-order valence-corrected chi connectivity index (χ3v) is 8.11. The van der Waals surface area contributed by atoms with Crippen molar-refractivity contribution in [3.8, 4) is 0 Å². The normalized spacial score (nSPS) is 21.0. The van der Waals surface area contributed by atoms with Crippen molar-refractivity contribution < 1.29 is 4.74 Å². The molecule has 1 atom stereocenters. The molecule has 3 aromatic heterocycles. The van der Waals surface area contributed by atoms with Gasteiger partial charge in [-0.15, -0.1) is 0 Å². The Hall–Kier alpha value is -3.26. The molecule has 8 nitrogen and oxygen atoms in total. The minimum atomic E-state index is 0.167. The van der Waals surface area contributed by atoms with Gasteiger partial charge in [-0.05, 0) is 57.6 Å². The number of aromatic nitrogens is 5. The van der Waals surface area contributed by atoms with Gasteiger partial charge in [0.2, 0.25) is 0 Å². The molecule has 0 radical (unpaired) electrons. The van der Waals surface area contributed by atoms with Gasteiger partial charge >= 0.3 is 0 Å². The molecule has 0 N–H and O–H groups in total. The molecule has 1 aromatic carbocycles. The number of rotatable bonds is 4. The first-order valence-corrected chi connectivity index (χ1v) is 13.4. The van der Waals surface area contributed by atoms with Gasteiger partial charge in [-0.25, -0.2) is 15.0 Å². The zero-order chi connectivity index (χ0) is 24.2. The Morgan fingerprint density at radius 2 is 1.83 bits per heavy atom. The molecule has 1 unspecified atom stereocenters. The molecule has 0 spiro atoms. The highest BCUT2D eigenvalue weighted by Gasteiger charge is 2.33. The van der Waals surface area contributed by atoms with E-state index in [0.29, 0.717) is 5.92 Å². The average Bonchev–Trinajstić information content (AvgIpc) is 3.67. The first-order chi connectivity index (χ1) is 17.7. The van der Waals surface area contributed by atoms with E-state index in [-0.39, 0.29) is 6.04 Å². The predicted octanol–water partition coefficient (Wildman–Crippen LogP) is 4.73. The van der Waals surface area contributed by atoms with Crippen LogP contribution in [-0.4, -0.2) is 57.4 Å². The maximum absolute atomic E-state index is 5.67. The number of fused-ring (bicyclic) bond motifs is 2. The maximum Gasteiger partial charge on any atom is 0.157 e. The average molecular weight is 484 g/mol. The lowest BCUT2D eigenvalue weighted by Crippen LogP contribution is -2.38. The number of ether oxygens (including phenoxy) is 1. The molecule has 8 heteroatoms. The molecule has 1 saturated carbocycles. The highest BCUT2D eigenvalue weighted by molar-refractivity contribution is 5.92. The predicted molar refractivity (Wildman–Crippen MR) is 141 cm³/mol. The van der Waals surface area contributed by atoms with Crippen LogP contribution in [0, 0.1) is 13.8 Å². The molecular weight excluding hydrogens is 450 g/mol. The molecule has 186 valence electrons. The van der Waals surface area contributed by atoms with Crippen LogP contribution in [0.25, 0.3) is 16.6 Å². The number of piperidine rings is 1. The SMILES string of the molecule is Cc1c(C2CC2)nc2cc(C3CCCCN3c3ncnc4cccc(C)c34)nn2c1N1CCOCC1. The number of morpholine rings is 1. The van der Waals surface area contributed by atoms with Crippen molar-refractivity contribution >= 4 is 28.2 Å². The van der Waals surface area contributed by atoms with E-state index in [0.717, 1.165) is 73.8 Å². The molecule has 4 aromatic rings. The second kappa shape index (κ2) is 8.69. The number of aryl methyl sites for hydroxylation is 1. The van der Waals surface area contributed by atoms with Crippen molar-refractivity contribution in [3.05, 3.63) is 53.1 Å². The summed E-state index contributed by atoms with van der Waals surface area (Å²) in [5.41, 5.74) is 6.80. The third-order valence-electron chi connectivity index (χ3n) is 8.11. The van der Waals surface area contributed by atoms with Crippen LogP contribution < -0.4 is 9.80 Å². The van der Waals surface area contributed by atoms with E-state index < -0.39 is 0 Å². The lowest BCUT2D eigenvalue weighted by Gasteiger charge is -2.36. The van der Waals surface area contributed by atoms with Gasteiger partial charge in [0.15, 0.2) is 5.65 Å². The lowest BCUT2D eigenvalue weighted by atomic mass is 9.98. The Morgan fingerprint density at radius 1 is 0.972 bits per heavy atom. The summed E-state index contributed by atoms with van der Waals surface area (Å²) in [7, 11) is 0. The van der Waals surface area contributed by atoms with Gasteiger partial charge in [0, 0.05) is 42.6 Å². The van der Waals surface area contributed by atoms with Crippen LogP contribution in [0.5, 0.6) is 0 Å². The van der Waals surface area contributed by atoms with Gasteiger partial charge < -0.3 is 14.5 Å². The van der Waals surface area contributed by atoms with Crippen LogP contribution in [0.3, 0.4) is 0 Å². The number of anilines is 2. The highest BCUT2D eigenvalue weighted by Crippen LogP contribution is 2.43. The molecule has 3 fully saturated rings. The van der Waals surface area contributed by atoms with Gasteiger partial charge in [-0.1, -0.05) is 12.1 Å². The van der Waals surface area contributed by atoms with Gasteiger partial charge in [-0.3, -0.25) is 0 Å². The summed E-state index contributed by atoms with van der Waals surface area (Å²) in [6.07, 6.45) is 7.59.